The zero-order valence-electron chi connectivity index (χ0n) is 7.95. The summed E-state index contributed by atoms with van der Waals surface area (Å²) in [6.45, 7) is 4.11. The van der Waals surface area contributed by atoms with E-state index in [0.717, 1.165) is 12.3 Å². The van der Waals surface area contributed by atoms with Crippen molar-refractivity contribution in [3.63, 3.8) is 0 Å². The molecule has 0 amide bonds. The second-order valence-corrected chi connectivity index (χ2v) is 3.82. The van der Waals surface area contributed by atoms with Crippen molar-refractivity contribution < 1.29 is 4.74 Å². The minimum Gasteiger partial charge on any atom is -0.491 e. The third-order valence-electron chi connectivity index (χ3n) is 2.30. The van der Waals surface area contributed by atoms with Crippen LogP contribution in [0.3, 0.4) is 0 Å². The fraction of sp³-hybridized carbons (Fsp3) is 0.500. The van der Waals surface area contributed by atoms with Gasteiger partial charge in [-0.15, -0.1) is 0 Å². The molecule has 1 saturated heterocycles. The number of pyridine rings is 1. The molecule has 0 aliphatic carbocycles. The van der Waals surface area contributed by atoms with Crippen molar-refractivity contribution in [3.05, 3.63) is 23.5 Å². The first-order valence-electron chi connectivity index (χ1n) is 4.80. The topological polar surface area (TPSA) is 25.4 Å². The first-order chi connectivity index (χ1) is 6.84. The van der Waals surface area contributed by atoms with Crippen molar-refractivity contribution in [2.24, 2.45) is 0 Å². The molecule has 1 aromatic heterocycles. The minimum atomic E-state index is 0.617. The number of aromatic nitrogens is 1. The summed E-state index contributed by atoms with van der Waals surface area (Å²) >= 11 is 5.77. The van der Waals surface area contributed by atoms with Gasteiger partial charge in [-0.2, -0.15) is 0 Å². The van der Waals surface area contributed by atoms with E-state index >= 15 is 0 Å². The molecule has 0 unspecified atom stereocenters. The smallest absolute Gasteiger partial charge is 0.139 e. The maximum atomic E-state index is 5.77. The Morgan fingerprint density at radius 1 is 1.43 bits per heavy atom. The summed E-state index contributed by atoms with van der Waals surface area (Å²) in [6, 6.07) is 1.78. The van der Waals surface area contributed by atoms with Crippen LogP contribution in [-0.4, -0.2) is 36.1 Å². The van der Waals surface area contributed by atoms with Crippen LogP contribution in [0.1, 0.15) is 6.42 Å². The van der Waals surface area contributed by atoms with Crippen LogP contribution in [0.2, 0.25) is 5.02 Å². The maximum absolute atomic E-state index is 5.77. The van der Waals surface area contributed by atoms with Gasteiger partial charge in [0.25, 0.3) is 0 Å². The summed E-state index contributed by atoms with van der Waals surface area (Å²) in [5.41, 5.74) is 0. The van der Waals surface area contributed by atoms with Gasteiger partial charge in [0, 0.05) is 18.8 Å². The van der Waals surface area contributed by atoms with Crippen molar-refractivity contribution in [1.82, 2.24) is 9.88 Å². The van der Waals surface area contributed by atoms with Crippen molar-refractivity contribution in [2.45, 2.75) is 6.42 Å². The van der Waals surface area contributed by atoms with Gasteiger partial charge < -0.3 is 4.74 Å². The summed E-state index contributed by atoms with van der Waals surface area (Å²) in [4.78, 5) is 6.30. The number of halogens is 1. The summed E-state index contributed by atoms with van der Waals surface area (Å²) in [5.74, 6) is 0.748. The van der Waals surface area contributed by atoms with Crippen LogP contribution in [0.4, 0.5) is 0 Å². The SMILES string of the molecule is Clc1cncc(OCCN2CCC2)c1. The second-order valence-electron chi connectivity index (χ2n) is 3.38. The lowest BCUT2D eigenvalue weighted by molar-refractivity contribution is 0.147. The van der Waals surface area contributed by atoms with Crippen LogP contribution in [0, 0.1) is 0 Å². The number of hydrogen-bond donors (Lipinski definition) is 0. The molecule has 2 rings (SSSR count). The highest BCUT2D eigenvalue weighted by molar-refractivity contribution is 6.30. The fourth-order valence-corrected chi connectivity index (χ4v) is 1.53. The van der Waals surface area contributed by atoms with Gasteiger partial charge in [0.05, 0.1) is 11.2 Å². The third kappa shape index (κ3) is 2.59. The zero-order valence-corrected chi connectivity index (χ0v) is 8.70. The molecule has 1 aliphatic rings. The molecule has 1 aliphatic heterocycles. The van der Waals surface area contributed by atoms with E-state index in [1.165, 1.54) is 19.5 Å². The highest BCUT2D eigenvalue weighted by Crippen LogP contribution is 2.15. The van der Waals surface area contributed by atoms with Gasteiger partial charge in [-0.25, -0.2) is 0 Å². The van der Waals surface area contributed by atoms with Gasteiger partial charge in [0.2, 0.25) is 0 Å². The Morgan fingerprint density at radius 2 is 2.29 bits per heavy atom. The van der Waals surface area contributed by atoms with Crippen LogP contribution in [0.25, 0.3) is 0 Å². The van der Waals surface area contributed by atoms with Gasteiger partial charge >= 0.3 is 0 Å². The normalized spacial score (nSPS) is 16.4. The van der Waals surface area contributed by atoms with E-state index in [9.17, 15) is 0 Å². The average Bonchev–Trinajstić information content (AvgIpc) is 2.09. The van der Waals surface area contributed by atoms with Gasteiger partial charge in [-0.05, 0) is 19.5 Å². The van der Waals surface area contributed by atoms with E-state index in [0.29, 0.717) is 11.6 Å². The lowest BCUT2D eigenvalue weighted by atomic mass is 10.2. The minimum absolute atomic E-state index is 0.617. The van der Waals surface area contributed by atoms with Crippen LogP contribution in [0.5, 0.6) is 5.75 Å². The molecule has 2 heterocycles. The first kappa shape index (κ1) is 9.74. The van der Waals surface area contributed by atoms with Crippen LogP contribution >= 0.6 is 11.6 Å². The highest BCUT2D eigenvalue weighted by atomic mass is 35.5. The molecule has 76 valence electrons. The lowest BCUT2D eigenvalue weighted by Gasteiger charge is -2.30. The Morgan fingerprint density at radius 3 is 2.93 bits per heavy atom. The summed E-state index contributed by atoms with van der Waals surface area (Å²) in [7, 11) is 0. The summed E-state index contributed by atoms with van der Waals surface area (Å²) in [6.07, 6.45) is 4.60. The molecule has 14 heavy (non-hydrogen) atoms. The van der Waals surface area contributed by atoms with E-state index in [1.54, 1.807) is 18.5 Å². The Labute approximate surface area is 88.6 Å². The molecule has 0 saturated carbocycles. The van der Waals surface area contributed by atoms with E-state index in [4.69, 9.17) is 16.3 Å². The van der Waals surface area contributed by atoms with E-state index < -0.39 is 0 Å². The van der Waals surface area contributed by atoms with Crippen molar-refractivity contribution in [3.8, 4) is 5.75 Å². The number of likely N-dealkylation sites (tertiary alicyclic amines) is 1. The first-order valence-corrected chi connectivity index (χ1v) is 5.18. The highest BCUT2D eigenvalue weighted by Gasteiger charge is 2.12. The molecule has 0 aromatic carbocycles. The van der Waals surface area contributed by atoms with Crippen LogP contribution in [0.15, 0.2) is 18.5 Å². The van der Waals surface area contributed by atoms with E-state index in [2.05, 4.69) is 9.88 Å². The van der Waals surface area contributed by atoms with Gasteiger partial charge in [0.1, 0.15) is 12.4 Å². The molecule has 0 spiro atoms. The number of rotatable bonds is 4. The van der Waals surface area contributed by atoms with Crippen molar-refractivity contribution >= 4 is 11.6 Å². The molecule has 1 aromatic rings. The molecule has 0 N–H and O–H groups in total. The van der Waals surface area contributed by atoms with Gasteiger partial charge in [0.15, 0.2) is 0 Å². The predicted molar refractivity (Wildman–Crippen MR) is 55.8 cm³/mol. The molecule has 0 radical (unpaired) electrons. The predicted octanol–water partition coefficient (Wildman–Crippen LogP) is 1.82. The zero-order chi connectivity index (χ0) is 9.80. The number of hydrogen-bond acceptors (Lipinski definition) is 3. The van der Waals surface area contributed by atoms with Gasteiger partial charge in [-0.1, -0.05) is 11.6 Å². The molecular weight excluding hydrogens is 200 g/mol. The largest absolute Gasteiger partial charge is 0.491 e. The van der Waals surface area contributed by atoms with Crippen LogP contribution < -0.4 is 4.74 Å². The summed E-state index contributed by atoms with van der Waals surface area (Å²) < 4.78 is 5.50. The van der Waals surface area contributed by atoms with Gasteiger partial charge in [-0.3, -0.25) is 9.88 Å². The lowest BCUT2D eigenvalue weighted by Crippen LogP contribution is -2.39. The summed E-state index contributed by atoms with van der Waals surface area (Å²) in [5, 5.41) is 0.617. The third-order valence-corrected chi connectivity index (χ3v) is 2.51. The molecular formula is C10H13ClN2O. The maximum Gasteiger partial charge on any atom is 0.139 e. The average molecular weight is 213 g/mol. The Bertz CT molecular complexity index is 302. The molecule has 3 nitrogen and oxygen atoms in total. The van der Waals surface area contributed by atoms with Crippen LogP contribution in [-0.2, 0) is 0 Å². The number of nitrogens with zero attached hydrogens (tertiary/aromatic N) is 2. The molecule has 0 bridgehead atoms. The Balaban J connectivity index is 1.74. The molecule has 0 atom stereocenters. The van der Waals surface area contributed by atoms with Crippen molar-refractivity contribution in [1.29, 1.82) is 0 Å². The fourth-order valence-electron chi connectivity index (χ4n) is 1.37. The molecule has 4 heteroatoms. The van der Waals surface area contributed by atoms with E-state index in [-0.39, 0.29) is 0 Å². The number of ether oxygens (including phenoxy) is 1. The molecule has 1 fully saturated rings. The Kier molecular flexibility index (Phi) is 3.22. The second kappa shape index (κ2) is 4.62. The quantitative estimate of drug-likeness (QED) is 0.762. The monoisotopic (exact) mass is 212 g/mol. The standard InChI is InChI=1S/C10H13ClN2O/c11-9-6-10(8-12-7-9)14-5-4-13-2-1-3-13/h6-8H,1-5H2. The van der Waals surface area contributed by atoms with E-state index in [1.807, 2.05) is 0 Å². The Hall–Kier alpha value is -0.800. The van der Waals surface area contributed by atoms with Crippen molar-refractivity contribution in [2.75, 3.05) is 26.2 Å².